The first-order valence-electron chi connectivity index (χ1n) is 15.8. The maximum Gasteiger partial charge on any atom is 0.314 e. The fourth-order valence-corrected chi connectivity index (χ4v) is 6.70. The van der Waals surface area contributed by atoms with Crippen LogP contribution in [0.4, 0.5) is 0 Å². The second-order valence-electron chi connectivity index (χ2n) is 12.1. The lowest BCUT2D eigenvalue weighted by molar-refractivity contribution is -0.140. The van der Waals surface area contributed by atoms with Gasteiger partial charge >= 0.3 is 5.97 Å². The summed E-state index contributed by atoms with van der Waals surface area (Å²) >= 11 is 0. The van der Waals surface area contributed by atoms with Crippen LogP contribution in [0, 0.1) is 23.7 Å². The summed E-state index contributed by atoms with van der Waals surface area (Å²) in [6.45, 7) is 4.55. The molecule has 1 aromatic heterocycles. The summed E-state index contributed by atoms with van der Waals surface area (Å²) in [5.74, 6) is 4.01. The normalized spacial score (nSPS) is 23.7. The van der Waals surface area contributed by atoms with Crippen molar-refractivity contribution in [2.75, 3.05) is 0 Å². The average Bonchev–Trinajstić information content (AvgIpc) is 2.97. The quantitative estimate of drug-likeness (QED) is 0.151. The molecule has 0 saturated heterocycles. The van der Waals surface area contributed by atoms with Gasteiger partial charge in [0.15, 0.2) is 5.82 Å². The number of aromatic nitrogens is 2. The second-order valence-corrected chi connectivity index (χ2v) is 12.1. The Morgan fingerprint density at radius 2 is 1.37 bits per heavy atom. The Bertz CT molecular complexity index is 939. The highest BCUT2D eigenvalue weighted by Gasteiger charge is 2.33. The highest BCUT2D eigenvalue weighted by molar-refractivity contribution is 5.75. The van der Waals surface area contributed by atoms with Crippen molar-refractivity contribution in [2.24, 2.45) is 23.7 Å². The Morgan fingerprint density at radius 1 is 0.763 bits per heavy atom. The summed E-state index contributed by atoms with van der Waals surface area (Å²) < 4.78 is 5.79. The molecule has 4 heteroatoms. The monoisotopic (exact) mass is 518 g/mol. The van der Waals surface area contributed by atoms with Gasteiger partial charge in [-0.1, -0.05) is 71.6 Å². The molecule has 1 heterocycles. The zero-order valence-corrected chi connectivity index (χ0v) is 24.0. The first-order chi connectivity index (χ1) is 18.7. The van der Waals surface area contributed by atoms with E-state index in [9.17, 15) is 4.79 Å². The van der Waals surface area contributed by atoms with Gasteiger partial charge in [0.2, 0.25) is 0 Å². The zero-order valence-electron chi connectivity index (χ0n) is 24.0. The van der Waals surface area contributed by atoms with Crippen molar-refractivity contribution >= 4 is 5.97 Å². The lowest BCUT2D eigenvalue weighted by atomic mass is 9.68. The van der Waals surface area contributed by atoms with Crippen LogP contribution in [0.15, 0.2) is 36.7 Å². The molecule has 2 aromatic rings. The minimum Gasteiger partial charge on any atom is -0.426 e. The lowest BCUT2D eigenvalue weighted by Crippen LogP contribution is -2.30. The third-order valence-electron chi connectivity index (χ3n) is 9.23. The van der Waals surface area contributed by atoms with Crippen LogP contribution in [-0.2, 0) is 11.2 Å². The third kappa shape index (κ3) is 8.64. The number of benzene rings is 1. The first-order valence-corrected chi connectivity index (χ1v) is 15.8. The number of carbonyl (C=O) groups is 1. The first kappa shape index (κ1) is 28.8. The molecular formula is C34H50N2O2. The van der Waals surface area contributed by atoms with E-state index in [1.807, 2.05) is 36.7 Å². The van der Waals surface area contributed by atoms with Crippen LogP contribution >= 0.6 is 0 Å². The number of aryl methyl sites for hydroxylation is 1. The van der Waals surface area contributed by atoms with E-state index in [0.29, 0.717) is 5.75 Å². The average molecular weight is 519 g/mol. The predicted molar refractivity (Wildman–Crippen MR) is 156 cm³/mol. The molecule has 0 amide bonds. The van der Waals surface area contributed by atoms with E-state index in [1.165, 1.54) is 95.5 Å². The van der Waals surface area contributed by atoms with Crippen LogP contribution in [0.3, 0.4) is 0 Å². The second kappa shape index (κ2) is 15.4. The molecule has 38 heavy (non-hydrogen) atoms. The van der Waals surface area contributed by atoms with Crippen molar-refractivity contribution in [3.05, 3.63) is 42.2 Å². The van der Waals surface area contributed by atoms with Gasteiger partial charge in [-0.25, -0.2) is 9.97 Å². The summed E-state index contributed by atoms with van der Waals surface area (Å²) in [5, 5.41) is 0. The van der Waals surface area contributed by atoms with E-state index in [1.54, 1.807) is 0 Å². The predicted octanol–water partition coefficient (Wildman–Crippen LogP) is 9.36. The number of carbonyl (C=O) groups excluding carboxylic acids is 1. The Morgan fingerprint density at radius 3 is 2.00 bits per heavy atom. The minimum absolute atomic E-state index is 0.0460. The van der Waals surface area contributed by atoms with Gasteiger partial charge < -0.3 is 4.74 Å². The Balaban J connectivity index is 1.18. The molecule has 208 valence electrons. The molecule has 4 rings (SSSR count). The number of hydrogen-bond acceptors (Lipinski definition) is 4. The minimum atomic E-state index is -0.0565. The molecule has 0 bridgehead atoms. The molecular weight excluding hydrogens is 468 g/mol. The highest BCUT2D eigenvalue weighted by atomic mass is 16.5. The number of ether oxygens (including phenoxy) is 1. The molecule has 0 spiro atoms. The molecule has 2 saturated carbocycles. The fraction of sp³-hybridized carbons (Fsp3) is 0.676. The van der Waals surface area contributed by atoms with Gasteiger partial charge in [0.25, 0.3) is 0 Å². The molecule has 4 nitrogen and oxygen atoms in total. The van der Waals surface area contributed by atoms with Gasteiger partial charge in [-0.3, -0.25) is 4.79 Å². The van der Waals surface area contributed by atoms with Crippen molar-refractivity contribution in [1.82, 2.24) is 9.97 Å². The van der Waals surface area contributed by atoms with Crippen molar-refractivity contribution in [1.29, 1.82) is 0 Å². The molecule has 0 aliphatic heterocycles. The van der Waals surface area contributed by atoms with Crippen LogP contribution in [0.2, 0.25) is 0 Å². The fourth-order valence-electron chi connectivity index (χ4n) is 6.70. The van der Waals surface area contributed by atoms with Crippen LogP contribution in [0.25, 0.3) is 11.4 Å². The maximum absolute atomic E-state index is 12.9. The summed E-state index contributed by atoms with van der Waals surface area (Å²) in [6, 6.07) is 7.66. The number of hydrogen-bond donors (Lipinski definition) is 0. The van der Waals surface area contributed by atoms with Gasteiger partial charge in [0.1, 0.15) is 5.75 Å². The van der Waals surface area contributed by atoms with Gasteiger partial charge in [-0.15, -0.1) is 0 Å². The standard InChI is InChI=1S/C34H50N2O2/c1-3-5-7-8-9-11-27-24-35-33(36-25-27)30-20-22-32(23-21-30)38-34(37)31-18-16-29(17-19-31)28-14-12-26(13-15-28)10-6-4-2/h20-26,28-29,31H,3-19H2,1-2H3. The molecule has 0 N–H and O–H groups in total. The Hall–Kier alpha value is -2.23. The van der Waals surface area contributed by atoms with Gasteiger partial charge in [-0.05, 0) is 98.9 Å². The van der Waals surface area contributed by atoms with E-state index in [-0.39, 0.29) is 11.9 Å². The van der Waals surface area contributed by atoms with Crippen molar-refractivity contribution in [3.8, 4) is 17.1 Å². The van der Waals surface area contributed by atoms with Crippen molar-refractivity contribution in [3.63, 3.8) is 0 Å². The molecule has 1 aromatic carbocycles. The molecule has 2 aliphatic rings. The van der Waals surface area contributed by atoms with E-state index in [2.05, 4.69) is 23.8 Å². The molecule has 0 atom stereocenters. The number of esters is 1. The van der Waals surface area contributed by atoms with Gasteiger partial charge in [-0.2, -0.15) is 0 Å². The third-order valence-corrected chi connectivity index (χ3v) is 9.23. The van der Waals surface area contributed by atoms with Crippen molar-refractivity contribution < 1.29 is 9.53 Å². The maximum atomic E-state index is 12.9. The summed E-state index contributed by atoms with van der Waals surface area (Å²) in [4.78, 5) is 22.0. The topological polar surface area (TPSA) is 52.1 Å². The van der Waals surface area contributed by atoms with Gasteiger partial charge in [0.05, 0.1) is 5.92 Å². The summed E-state index contributed by atoms with van der Waals surface area (Å²) in [5.41, 5.74) is 2.15. The zero-order chi connectivity index (χ0) is 26.6. The number of nitrogens with zero attached hydrogens (tertiary/aromatic N) is 2. The number of unbranched alkanes of at least 4 members (excludes halogenated alkanes) is 5. The van der Waals surface area contributed by atoms with E-state index in [4.69, 9.17) is 4.74 Å². The Labute approximate surface area is 231 Å². The molecule has 2 fully saturated rings. The van der Waals surface area contributed by atoms with Gasteiger partial charge in [0, 0.05) is 18.0 Å². The highest BCUT2D eigenvalue weighted by Crippen LogP contribution is 2.42. The van der Waals surface area contributed by atoms with Crippen LogP contribution < -0.4 is 4.74 Å². The van der Waals surface area contributed by atoms with E-state index in [0.717, 1.165) is 48.4 Å². The van der Waals surface area contributed by atoms with Crippen molar-refractivity contribution in [2.45, 2.75) is 123 Å². The molecule has 0 unspecified atom stereocenters. The number of rotatable bonds is 13. The Kier molecular flexibility index (Phi) is 11.6. The summed E-state index contributed by atoms with van der Waals surface area (Å²) in [6.07, 6.45) is 25.5. The molecule has 0 radical (unpaired) electrons. The van der Waals surface area contributed by atoms with Crippen LogP contribution in [0.1, 0.15) is 122 Å². The lowest BCUT2D eigenvalue weighted by Gasteiger charge is -2.37. The van der Waals surface area contributed by atoms with Crippen LogP contribution in [-0.4, -0.2) is 15.9 Å². The van der Waals surface area contributed by atoms with E-state index < -0.39 is 0 Å². The SMILES string of the molecule is CCCCCCCc1cnc(-c2ccc(OC(=O)C3CCC(C4CCC(CCCC)CC4)CC3)cc2)nc1. The largest absolute Gasteiger partial charge is 0.426 e. The van der Waals surface area contributed by atoms with E-state index >= 15 is 0 Å². The summed E-state index contributed by atoms with van der Waals surface area (Å²) in [7, 11) is 0. The molecule has 2 aliphatic carbocycles. The smallest absolute Gasteiger partial charge is 0.314 e. The van der Waals surface area contributed by atoms with Crippen LogP contribution in [0.5, 0.6) is 5.75 Å².